The van der Waals surface area contributed by atoms with Crippen LogP contribution in [0, 0.1) is 11.8 Å². The molecule has 3 amide bonds. The lowest BCUT2D eigenvalue weighted by Gasteiger charge is -2.29. The summed E-state index contributed by atoms with van der Waals surface area (Å²) in [6.07, 6.45) is 7.18. The second-order valence-corrected chi connectivity index (χ2v) is 12.8. The Morgan fingerprint density at radius 2 is 1.48 bits per heavy atom. The van der Waals surface area contributed by atoms with Gasteiger partial charge in [-0.15, -0.1) is 0 Å². The van der Waals surface area contributed by atoms with Crippen molar-refractivity contribution in [1.82, 2.24) is 20.9 Å². The summed E-state index contributed by atoms with van der Waals surface area (Å²) in [5.74, 6) is -2.18. The van der Waals surface area contributed by atoms with Crippen molar-refractivity contribution >= 4 is 34.6 Å². The Kier molecular flexibility index (Phi) is 12.8. The van der Waals surface area contributed by atoms with Gasteiger partial charge in [0.25, 0.3) is 0 Å². The second-order valence-electron chi connectivity index (χ2n) is 12.8. The number of aromatic nitrogens is 1. The Balaban J connectivity index is 1.68. The maximum Gasteiger partial charge on any atom is 0.329 e. The zero-order valence-corrected chi connectivity index (χ0v) is 27.6. The number of aromatic amines is 1. The predicted molar refractivity (Wildman–Crippen MR) is 180 cm³/mol. The van der Waals surface area contributed by atoms with Gasteiger partial charge in [0.2, 0.25) is 17.7 Å². The summed E-state index contributed by atoms with van der Waals surface area (Å²) < 4.78 is 6.09. The van der Waals surface area contributed by atoms with Gasteiger partial charge in [0.15, 0.2) is 0 Å². The zero-order chi connectivity index (χ0) is 33.1. The maximum absolute atomic E-state index is 14.0. The lowest BCUT2D eigenvalue weighted by Crippen LogP contribution is -2.57. The van der Waals surface area contributed by atoms with Crippen molar-refractivity contribution in [2.24, 2.45) is 11.8 Å². The molecule has 1 fully saturated rings. The fourth-order valence-electron chi connectivity index (χ4n) is 6.08. The van der Waals surface area contributed by atoms with Gasteiger partial charge in [0.05, 0.1) is 6.42 Å². The van der Waals surface area contributed by atoms with E-state index in [-0.39, 0.29) is 37.0 Å². The Morgan fingerprint density at radius 3 is 2.22 bits per heavy atom. The summed E-state index contributed by atoms with van der Waals surface area (Å²) in [4.78, 5) is 58.5. The molecule has 248 valence electrons. The largest absolute Gasteiger partial charge is 0.460 e. The lowest BCUT2D eigenvalue weighted by atomic mass is 9.93. The maximum atomic E-state index is 14.0. The molecule has 6 atom stereocenters. The minimum atomic E-state index is -0.981. The van der Waals surface area contributed by atoms with Crippen LogP contribution in [0.2, 0.25) is 0 Å². The molecule has 0 unspecified atom stereocenters. The van der Waals surface area contributed by atoms with Crippen molar-refractivity contribution in [2.75, 3.05) is 0 Å². The van der Waals surface area contributed by atoms with Gasteiger partial charge in [-0.05, 0) is 35.4 Å². The van der Waals surface area contributed by atoms with Gasteiger partial charge in [-0.1, -0.05) is 108 Å². The molecule has 1 saturated heterocycles. The number of hydrogen-bond donors (Lipinski definition) is 4. The van der Waals surface area contributed by atoms with Gasteiger partial charge >= 0.3 is 5.97 Å². The van der Waals surface area contributed by atoms with E-state index >= 15 is 0 Å². The number of amides is 3. The number of rotatable bonds is 12. The summed E-state index contributed by atoms with van der Waals surface area (Å²) >= 11 is 0. The molecule has 3 aromatic rings. The number of H-pyrrole nitrogens is 1. The molecule has 1 aromatic heterocycles. The number of cyclic esters (lactones) is 1. The van der Waals surface area contributed by atoms with E-state index < -0.39 is 42.0 Å². The normalized spacial score (nSPS) is 22.8. The molecule has 0 aliphatic carbocycles. The SMILES string of the molecule is CCCCCC[C@H](C)[C@H]1CC(=O)N[C@@H](Cc2c[nH]c3ccccc23)C(=O)N[C@@H](Cc2ccccc2)C(=O)N[C@H]([C@H](C)CC)C(=O)O1. The molecule has 1 aliphatic heterocycles. The molecule has 4 N–H and O–H groups in total. The van der Waals surface area contributed by atoms with Crippen LogP contribution in [0.3, 0.4) is 0 Å². The van der Waals surface area contributed by atoms with Crippen LogP contribution in [-0.4, -0.2) is 52.9 Å². The van der Waals surface area contributed by atoms with Crippen LogP contribution in [0.4, 0.5) is 0 Å². The third-order valence-electron chi connectivity index (χ3n) is 9.23. The van der Waals surface area contributed by atoms with Gasteiger partial charge in [0.1, 0.15) is 24.2 Å². The fraction of sp³-hybridized carbons (Fsp3) is 0.514. The highest BCUT2D eigenvalue weighted by Gasteiger charge is 2.36. The van der Waals surface area contributed by atoms with E-state index in [0.717, 1.165) is 54.1 Å². The van der Waals surface area contributed by atoms with Crippen LogP contribution in [0.1, 0.15) is 83.8 Å². The molecular formula is C37H50N4O5. The van der Waals surface area contributed by atoms with Gasteiger partial charge < -0.3 is 25.7 Å². The van der Waals surface area contributed by atoms with E-state index in [4.69, 9.17) is 4.74 Å². The van der Waals surface area contributed by atoms with Crippen molar-refractivity contribution in [3.05, 3.63) is 71.9 Å². The number of unbranched alkanes of at least 4 members (excludes halogenated alkanes) is 3. The van der Waals surface area contributed by atoms with Crippen LogP contribution in [0.15, 0.2) is 60.8 Å². The summed E-state index contributed by atoms with van der Waals surface area (Å²) in [6, 6.07) is 14.3. The highest BCUT2D eigenvalue weighted by Crippen LogP contribution is 2.23. The number of ether oxygens (including phenoxy) is 1. The number of carbonyl (C=O) groups is 4. The van der Waals surface area contributed by atoms with Crippen molar-refractivity contribution in [1.29, 1.82) is 0 Å². The van der Waals surface area contributed by atoms with E-state index in [9.17, 15) is 19.2 Å². The third kappa shape index (κ3) is 9.44. The summed E-state index contributed by atoms with van der Waals surface area (Å²) in [7, 11) is 0. The number of nitrogens with one attached hydrogen (secondary N) is 4. The van der Waals surface area contributed by atoms with Crippen LogP contribution in [-0.2, 0) is 36.8 Å². The average Bonchev–Trinajstić information content (AvgIpc) is 3.46. The van der Waals surface area contributed by atoms with E-state index in [0.29, 0.717) is 6.42 Å². The topological polar surface area (TPSA) is 129 Å². The number of fused-ring (bicyclic) bond motifs is 1. The first-order chi connectivity index (χ1) is 22.2. The minimum Gasteiger partial charge on any atom is -0.460 e. The van der Waals surface area contributed by atoms with Gasteiger partial charge in [0, 0.05) is 29.9 Å². The van der Waals surface area contributed by atoms with Crippen molar-refractivity contribution in [2.45, 2.75) is 110 Å². The first-order valence-corrected chi connectivity index (χ1v) is 16.9. The van der Waals surface area contributed by atoms with Crippen LogP contribution in [0.25, 0.3) is 10.9 Å². The third-order valence-corrected chi connectivity index (χ3v) is 9.23. The standard InChI is InChI=1S/C37H50N4O5/c1-5-7-8-10-15-25(4)32-22-33(42)39-31(21-27-23-38-29-19-14-13-18-28(27)29)35(43)40-30(20-26-16-11-9-12-17-26)36(44)41-34(24(3)6-2)37(45)46-32/h9,11-14,16-19,23-25,30-32,34,38H,5-8,10,15,20-22H2,1-4H3,(H,39,42)(H,40,43)(H,41,44)/t24-,25+,30+,31+,32-,34-/m1/s1. The van der Waals surface area contributed by atoms with Gasteiger partial charge in [-0.3, -0.25) is 14.4 Å². The molecule has 1 aliphatic rings. The molecule has 0 saturated carbocycles. The van der Waals surface area contributed by atoms with E-state index in [1.165, 1.54) is 0 Å². The Labute approximate surface area is 272 Å². The zero-order valence-electron chi connectivity index (χ0n) is 27.6. The number of hydrogen-bond acceptors (Lipinski definition) is 5. The number of carbonyl (C=O) groups excluding carboxylic acids is 4. The van der Waals surface area contributed by atoms with Gasteiger partial charge in [-0.2, -0.15) is 0 Å². The van der Waals surface area contributed by atoms with E-state index in [1.807, 2.05) is 81.6 Å². The van der Waals surface area contributed by atoms with Crippen molar-refractivity contribution < 1.29 is 23.9 Å². The van der Waals surface area contributed by atoms with Crippen LogP contribution < -0.4 is 16.0 Å². The molecule has 9 heteroatoms. The molecule has 0 spiro atoms. The fourth-order valence-corrected chi connectivity index (χ4v) is 6.08. The average molecular weight is 631 g/mol. The number of para-hydroxylation sites is 1. The highest BCUT2D eigenvalue weighted by molar-refractivity contribution is 5.95. The van der Waals surface area contributed by atoms with Crippen LogP contribution in [0.5, 0.6) is 0 Å². The van der Waals surface area contributed by atoms with Crippen molar-refractivity contribution in [3.8, 4) is 0 Å². The first-order valence-electron chi connectivity index (χ1n) is 16.9. The highest BCUT2D eigenvalue weighted by atomic mass is 16.5. The van der Waals surface area contributed by atoms with Gasteiger partial charge in [-0.25, -0.2) is 4.79 Å². The molecule has 0 radical (unpaired) electrons. The molecule has 9 nitrogen and oxygen atoms in total. The minimum absolute atomic E-state index is 0.0764. The summed E-state index contributed by atoms with van der Waals surface area (Å²) in [5.41, 5.74) is 2.65. The molecule has 4 rings (SSSR count). The lowest BCUT2D eigenvalue weighted by molar-refractivity contribution is -0.158. The van der Waals surface area contributed by atoms with Crippen molar-refractivity contribution in [3.63, 3.8) is 0 Å². The monoisotopic (exact) mass is 630 g/mol. The molecule has 46 heavy (non-hydrogen) atoms. The van der Waals surface area contributed by atoms with Crippen LogP contribution >= 0.6 is 0 Å². The quantitative estimate of drug-likeness (QED) is 0.158. The molecule has 0 bridgehead atoms. The second kappa shape index (κ2) is 17.0. The smallest absolute Gasteiger partial charge is 0.329 e. The first kappa shape index (κ1) is 34.7. The number of benzene rings is 2. The Hall–Kier alpha value is -4.14. The molecule has 2 heterocycles. The summed E-state index contributed by atoms with van der Waals surface area (Å²) in [6.45, 7) is 7.99. The Morgan fingerprint density at radius 1 is 0.783 bits per heavy atom. The van der Waals surface area contributed by atoms with E-state index in [2.05, 4.69) is 27.9 Å². The molecule has 2 aromatic carbocycles. The summed E-state index contributed by atoms with van der Waals surface area (Å²) in [5, 5.41) is 9.74. The van der Waals surface area contributed by atoms with E-state index in [1.54, 1.807) is 0 Å². The predicted octanol–water partition coefficient (Wildman–Crippen LogP) is 5.38. The number of esters is 1. The molecular weight excluding hydrogens is 580 g/mol. The Bertz CT molecular complexity index is 1450.